The lowest BCUT2D eigenvalue weighted by molar-refractivity contribution is -0.141. The van der Waals surface area contributed by atoms with Gasteiger partial charge in [-0.25, -0.2) is 4.98 Å². The van der Waals surface area contributed by atoms with Crippen LogP contribution in [0.5, 0.6) is 0 Å². The largest absolute Gasteiger partial charge is 0.433 e. The third-order valence-electron chi connectivity index (χ3n) is 2.99. The number of rotatable bonds is 3. The number of aryl methyl sites for hydroxylation is 1. The van der Waals surface area contributed by atoms with E-state index in [1.165, 1.54) is 6.20 Å². The van der Waals surface area contributed by atoms with Gasteiger partial charge in [0.2, 0.25) is 5.95 Å². The average Bonchev–Trinajstić information content (AvgIpc) is 2.87. The van der Waals surface area contributed by atoms with Gasteiger partial charge < -0.3 is 5.32 Å². The minimum absolute atomic E-state index is 0.336. The van der Waals surface area contributed by atoms with Crippen molar-refractivity contribution in [2.75, 3.05) is 5.32 Å². The van der Waals surface area contributed by atoms with Crippen molar-refractivity contribution < 1.29 is 13.2 Å². The van der Waals surface area contributed by atoms with E-state index in [0.29, 0.717) is 23.3 Å². The Morgan fingerprint density at radius 2 is 2.08 bits per heavy atom. The predicted octanol–water partition coefficient (Wildman–Crippen LogP) is 2.42. The first-order valence-corrected chi connectivity index (χ1v) is 6.75. The summed E-state index contributed by atoms with van der Waals surface area (Å²) in [5.74, 6) is -0.00251. The maximum absolute atomic E-state index is 12.8. The number of anilines is 2. The van der Waals surface area contributed by atoms with Gasteiger partial charge in [-0.3, -0.25) is 14.8 Å². The van der Waals surface area contributed by atoms with E-state index in [-0.39, 0.29) is 5.95 Å². The van der Waals surface area contributed by atoms with Gasteiger partial charge in [0.1, 0.15) is 5.82 Å². The van der Waals surface area contributed by atoms with Crippen molar-refractivity contribution in [3.8, 4) is 5.95 Å². The Hall–Kier alpha value is -3.17. The minimum Gasteiger partial charge on any atom is -0.339 e. The van der Waals surface area contributed by atoms with Crippen LogP contribution in [-0.4, -0.2) is 24.7 Å². The number of aromatic amines is 1. The van der Waals surface area contributed by atoms with Crippen LogP contribution in [0.3, 0.4) is 0 Å². The molecule has 3 heterocycles. The highest BCUT2D eigenvalue weighted by Gasteiger charge is 2.33. The molecule has 0 aliphatic carbocycles. The quantitative estimate of drug-likeness (QED) is 0.767. The molecule has 0 aliphatic heterocycles. The van der Waals surface area contributed by atoms with E-state index in [0.717, 1.165) is 4.68 Å². The van der Waals surface area contributed by atoms with Crippen molar-refractivity contribution in [3.63, 3.8) is 0 Å². The Labute approximate surface area is 133 Å². The van der Waals surface area contributed by atoms with Crippen LogP contribution in [0.1, 0.15) is 11.4 Å². The van der Waals surface area contributed by atoms with Gasteiger partial charge in [-0.2, -0.15) is 23.0 Å². The Morgan fingerprint density at radius 3 is 2.75 bits per heavy atom. The average molecular weight is 336 g/mol. The molecule has 0 fully saturated rings. The molecule has 0 saturated heterocycles. The van der Waals surface area contributed by atoms with Crippen molar-refractivity contribution in [2.24, 2.45) is 0 Å². The van der Waals surface area contributed by atoms with Crippen LogP contribution in [0.25, 0.3) is 5.95 Å². The standard InChI is InChI=1S/C14H11F3N6O/c1-8-5-11(19-9-3-2-4-18-7-9)23(22-8)13-20-10(14(15,16)17)6-12(24)21-13/h2-7,19H,1H3,(H,20,21,24). The van der Waals surface area contributed by atoms with E-state index >= 15 is 0 Å². The molecular weight excluding hydrogens is 325 g/mol. The Bertz CT molecular complexity index is 916. The van der Waals surface area contributed by atoms with Gasteiger partial charge in [-0.15, -0.1) is 0 Å². The highest BCUT2D eigenvalue weighted by molar-refractivity contribution is 5.56. The summed E-state index contributed by atoms with van der Waals surface area (Å²) in [6.45, 7) is 1.66. The summed E-state index contributed by atoms with van der Waals surface area (Å²) in [7, 11) is 0. The minimum atomic E-state index is -4.73. The lowest BCUT2D eigenvalue weighted by Crippen LogP contribution is -2.20. The number of aromatic nitrogens is 5. The number of nitrogens with one attached hydrogen (secondary N) is 2. The molecule has 10 heteroatoms. The first-order valence-electron chi connectivity index (χ1n) is 6.75. The van der Waals surface area contributed by atoms with Gasteiger partial charge in [-0.05, 0) is 19.1 Å². The normalized spacial score (nSPS) is 11.5. The monoisotopic (exact) mass is 336 g/mol. The van der Waals surface area contributed by atoms with E-state index < -0.39 is 17.4 Å². The molecule has 0 saturated carbocycles. The van der Waals surface area contributed by atoms with Crippen molar-refractivity contribution in [1.82, 2.24) is 24.7 Å². The number of pyridine rings is 1. The van der Waals surface area contributed by atoms with Crippen molar-refractivity contribution in [3.05, 3.63) is 58.4 Å². The highest BCUT2D eigenvalue weighted by atomic mass is 19.4. The molecule has 0 atom stereocenters. The maximum Gasteiger partial charge on any atom is 0.433 e. The maximum atomic E-state index is 12.8. The molecule has 0 unspecified atom stereocenters. The predicted molar refractivity (Wildman–Crippen MR) is 79.2 cm³/mol. The zero-order chi connectivity index (χ0) is 17.3. The van der Waals surface area contributed by atoms with Gasteiger partial charge in [0.15, 0.2) is 5.69 Å². The van der Waals surface area contributed by atoms with Gasteiger partial charge in [-0.1, -0.05) is 0 Å². The van der Waals surface area contributed by atoms with Gasteiger partial charge in [0.25, 0.3) is 5.56 Å². The van der Waals surface area contributed by atoms with Crippen molar-refractivity contribution >= 4 is 11.5 Å². The van der Waals surface area contributed by atoms with E-state index in [4.69, 9.17) is 0 Å². The van der Waals surface area contributed by atoms with E-state index in [9.17, 15) is 18.0 Å². The van der Waals surface area contributed by atoms with Crippen molar-refractivity contribution in [1.29, 1.82) is 0 Å². The second-order valence-electron chi connectivity index (χ2n) is 4.90. The first kappa shape index (κ1) is 15.7. The van der Waals surface area contributed by atoms with Crippen LogP contribution in [0.15, 0.2) is 41.5 Å². The second-order valence-corrected chi connectivity index (χ2v) is 4.90. The Kier molecular flexibility index (Phi) is 3.80. The summed E-state index contributed by atoms with van der Waals surface area (Å²) in [6.07, 6.45) is -1.61. The summed E-state index contributed by atoms with van der Waals surface area (Å²) in [6, 6.07) is 5.42. The number of hydrogen-bond donors (Lipinski definition) is 2. The summed E-state index contributed by atoms with van der Waals surface area (Å²) in [4.78, 5) is 21.2. The fourth-order valence-electron chi connectivity index (χ4n) is 2.02. The van der Waals surface area contributed by atoms with Crippen LogP contribution in [0.4, 0.5) is 24.7 Å². The highest BCUT2D eigenvalue weighted by Crippen LogP contribution is 2.27. The lowest BCUT2D eigenvalue weighted by atomic mass is 10.4. The molecule has 24 heavy (non-hydrogen) atoms. The van der Waals surface area contributed by atoms with E-state index in [2.05, 4.69) is 25.4 Å². The van der Waals surface area contributed by atoms with Crippen LogP contribution < -0.4 is 10.9 Å². The molecule has 0 amide bonds. The van der Waals surface area contributed by atoms with Gasteiger partial charge in [0.05, 0.1) is 17.6 Å². The zero-order valence-corrected chi connectivity index (χ0v) is 12.3. The second kappa shape index (κ2) is 5.80. The lowest BCUT2D eigenvalue weighted by Gasteiger charge is -2.10. The third kappa shape index (κ3) is 3.26. The summed E-state index contributed by atoms with van der Waals surface area (Å²) >= 11 is 0. The van der Waals surface area contributed by atoms with E-state index in [1.807, 2.05) is 0 Å². The molecule has 7 nitrogen and oxygen atoms in total. The molecule has 0 aliphatic rings. The molecule has 0 radical (unpaired) electrons. The molecule has 0 bridgehead atoms. The fourth-order valence-corrected chi connectivity index (χ4v) is 2.02. The fraction of sp³-hybridized carbons (Fsp3) is 0.143. The molecule has 2 N–H and O–H groups in total. The third-order valence-corrected chi connectivity index (χ3v) is 2.99. The van der Waals surface area contributed by atoms with Crippen LogP contribution in [0, 0.1) is 6.92 Å². The Morgan fingerprint density at radius 1 is 1.29 bits per heavy atom. The topological polar surface area (TPSA) is 88.5 Å². The number of halogens is 3. The molecule has 3 rings (SSSR count). The van der Waals surface area contributed by atoms with Crippen LogP contribution >= 0.6 is 0 Å². The van der Waals surface area contributed by atoms with Crippen LogP contribution in [-0.2, 0) is 6.18 Å². The first-order chi connectivity index (χ1) is 11.3. The zero-order valence-electron chi connectivity index (χ0n) is 12.3. The Balaban J connectivity index is 2.07. The SMILES string of the molecule is Cc1cc(Nc2cccnc2)n(-c2nc(C(F)(F)F)cc(=O)[nH]2)n1. The number of hydrogen-bond acceptors (Lipinski definition) is 5. The van der Waals surface area contributed by atoms with E-state index in [1.54, 1.807) is 31.3 Å². The molecule has 0 aromatic carbocycles. The number of H-pyrrole nitrogens is 1. The summed E-state index contributed by atoms with van der Waals surface area (Å²) in [5.41, 5.74) is -1.08. The molecule has 0 spiro atoms. The van der Waals surface area contributed by atoms with Gasteiger partial charge in [0, 0.05) is 18.3 Å². The molecule has 3 aromatic heterocycles. The molecular formula is C14H11F3N6O. The summed E-state index contributed by atoms with van der Waals surface area (Å²) in [5, 5.41) is 7.04. The van der Waals surface area contributed by atoms with Crippen LogP contribution in [0.2, 0.25) is 0 Å². The number of alkyl halides is 3. The molecule has 3 aromatic rings. The number of nitrogens with zero attached hydrogens (tertiary/aromatic N) is 4. The smallest absolute Gasteiger partial charge is 0.339 e. The molecule has 124 valence electrons. The summed E-state index contributed by atoms with van der Waals surface area (Å²) < 4.78 is 39.6. The van der Waals surface area contributed by atoms with Crippen molar-refractivity contribution in [2.45, 2.75) is 13.1 Å². The van der Waals surface area contributed by atoms with Gasteiger partial charge >= 0.3 is 6.18 Å².